The molecule has 5 heteroatoms. The molecule has 0 saturated heterocycles. The Morgan fingerprint density at radius 3 is 2.88 bits per heavy atom. The second-order valence-corrected chi connectivity index (χ2v) is 3.94. The maximum Gasteiger partial charge on any atom is 0.139 e. The van der Waals surface area contributed by atoms with Gasteiger partial charge in [0, 0.05) is 18.7 Å². The molecule has 0 spiro atoms. The number of amidine groups is 1. The molecule has 0 atom stereocenters. The van der Waals surface area contributed by atoms with Crippen molar-refractivity contribution in [2.24, 2.45) is 10.9 Å². The molecule has 17 heavy (non-hydrogen) atoms. The van der Waals surface area contributed by atoms with Gasteiger partial charge in [-0.1, -0.05) is 11.2 Å². The van der Waals surface area contributed by atoms with E-state index in [4.69, 9.17) is 10.9 Å². The van der Waals surface area contributed by atoms with Gasteiger partial charge in [0.15, 0.2) is 0 Å². The van der Waals surface area contributed by atoms with Crippen molar-refractivity contribution >= 4 is 11.5 Å². The highest BCUT2D eigenvalue weighted by atomic mass is 19.1. The molecule has 0 amide bonds. The third kappa shape index (κ3) is 4.72. The second kappa shape index (κ2) is 6.73. The first-order valence-corrected chi connectivity index (χ1v) is 5.60. The van der Waals surface area contributed by atoms with Crippen LogP contribution in [0.15, 0.2) is 23.4 Å². The Labute approximate surface area is 100 Å². The van der Waals surface area contributed by atoms with E-state index in [-0.39, 0.29) is 11.7 Å². The van der Waals surface area contributed by atoms with Gasteiger partial charge in [0.1, 0.15) is 11.7 Å². The molecule has 1 aromatic carbocycles. The molecule has 0 radical (unpaired) electrons. The van der Waals surface area contributed by atoms with Crippen molar-refractivity contribution in [3.63, 3.8) is 0 Å². The van der Waals surface area contributed by atoms with Crippen LogP contribution in [0.25, 0.3) is 0 Å². The molecule has 0 fully saturated rings. The average Bonchev–Trinajstić information content (AvgIpc) is 2.33. The van der Waals surface area contributed by atoms with Crippen LogP contribution in [0, 0.1) is 12.7 Å². The number of nitrogens with zero attached hydrogens (tertiary/aromatic N) is 1. The number of hydrogen-bond donors (Lipinski definition) is 3. The normalized spacial score (nSPS) is 11.5. The molecular formula is C12H18FN3O. The molecule has 0 bridgehead atoms. The minimum Gasteiger partial charge on any atom is -0.409 e. The maximum atomic E-state index is 13.2. The molecule has 0 aliphatic carbocycles. The third-order valence-corrected chi connectivity index (χ3v) is 2.49. The van der Waals surface area contributed by atoms with Gasteiger partial charge < -0.3 is 16.3 Å². The summed E-state index contributed by atoms with van der Waals surface area (Å²) >= 11 is 0. The fourth-order valence-electron chi connectivity index (χ4n) is 1.42. The van der Waals surface area contributed by atoms with Crippen LogP contribution in [-0.2, 0) is 0 Å². The van der Waals surface area contributed by atoms with E-state index in [0.717, 1.165) is 25.1 Å². The summed E-state index contributed by atoms with van der Waals surface area (Å²) in [6, 6.07) is 5.08. The fraction of sp³-hybridized carbons (Fsp3) is 0.417. The van der Waals surface area contributed by atoms with Crippen molar-refractivity contribution < 1.29 is 9.60 Å². The molecule has 0 aliphatic heterocycles. The summed E-state index contributed by atoms with van der Waals surface area (Å²) in [6.45, 7) is 2.47. The van der Waals surface area contributed by atoms with Gasteiger partial charge in [-0.2, -0.15) is 0 Å². The number of unbranched alkanes of at least 4 members (excludes halogenated alkanes) is 1. The van der Waals surface area contributed by atoms with Crippen LogP contribution in [-0.4, -0.2) is 17.6 Å². The van der Waals surface area contributed by atoms with E-state index >= 15 is 0 Å². The molecular weight excluding hydrogens is 221 g/mol. The predicted octanol–water partition coefficient (Wildman–Crippen LogP) is 2.46. The first-order valence-electron chi connectivity index (χ1n) is 5.60. The van der Waals surface area contributed by atoms with Crippen molar-refractivity contribution in [1.82, 2.24) is 0 Å². The number of anilines is 1. The van der Waals surface area contributed by atoms with Crippen molar-refractivity contribution in [3.05, 3.63) is 29.6 Å². The molecule has 94 valence electrons. The van der Waals surface area contributed by atoms with Crippen LogP contribution in [0.5, 0.6) is 0 Å². The van der Waals surface area contributed by atoms with Gasteiger partial charge in [0.25, 0.3) is 0 Å². The van der Waals surface area contributed by atoms with E-state index in [0.29, 0.717) is 12.0 Å². The average molecular weight is 239 g/mol. The first kappa shape index (κ1) is 13.3. The van der Waals surface area contributed by atoms with Crippen molar-refractivity contribution in [1.29, 1.82) is 0 Å². The van der Waals surface area contributed by atoms with Crippen molar-refractivity contribution in [3.8, 4) is 0 Å². The molecule has 0 aromatic heterocycles. The highest BCUT2D eigenvalue weighted by Gasteiger charge is 1.99. The van der Waals surface area contributed by atoms with E-state index in [2.05, 4.69) is 10.5 Å². The van der Waals surface area contributed by atoms with Crippen LogP contribution in [0.2, 0.25) is 0 Å². The minimum absolute atomic E-state index is 0.202. The quantitative estimate of drug-likeness (QED) is 0.235. The largest absolute Gasteiger partial charge is 0.409 e. The molecule has 1 rings (SSSR count). The summed E-state index contributed by atoms with van der Waals surface area (Å²) in [5.41, 5.74) is 6.75. The number of aryl methyl sites for hydroxylation is 1. The van der Waals surface area contributed by atoms with E-state index in [9.17, 15) is 4.39 Å². The second-order valence-electron chi connectivity index (χ2n) is 3.94. The van der Waals surface area contributed by atoms with Crippen LogP contribution in [0.3, 0.4) is 0 Å². The fourth-order valence-corrected chi connectivity index (χ4v) is 1.42. The monoisotopic (exact) mass is 239 g/mol. The molecule has 0 aliphatic rings. The van der Waals surface area contributed by atoms with Gasteiger partial charge >= 0.3 is 0 Å². The zero-order chi connectivity index (χ0) is 12.7. The highest BCUT2D eigenvalue weighted by Crippen LogP contribution is 2.13. The van der Waals surface area contributed by atoms with E-state index in [1.54, 1.807) is 13.0 Å². The Balaban J connectivity index is 2.24. The SMILES string of the molecule is Cc1ccc(NCCCC/C(N)=N/O)cc1F. The summed E-state index contributed by atoms with van der Waals surface area (Å²) in [7, 11) is 0. The Morgan fingerprint density at radius 1 is 1.47 bits per heavy atom. The Morgan fingerprint density at radius 2 is 2.24 bits per heavy atom. The van der Waals surface area contributed by atoms with Crippen LogP contribution in [0.1, 0.15) is 24.8 Å². The molecule has 0 unspecified atom stereocenters. The van der Waals surface area contributed by atoms with Gasteiger partial charge in [-0.3, -0.25) is 0 Å². The van der Waals surface area contributed by atoms with E-state index in [1.165, 1.54) is 6.07 Å². The topological polar surface area (TPSA) is 70.6 Å². The number of nitrogens with two attached hydrogens (primary N) is 1. The number of rotatable bonds is 6. The zero-order valence-electron chi connectivity index (χ0n) is 9.91. The molecule has 1 aromatic rings. The summed E-state index contributed by atoms with van der Waals surface area (Å²) in [6.07, 6.45) is 2.28. The summed E-state index contributed by atoms with van der Waals surface area (Å²) in [5, 5.41) is 14.3. The molecule has 4 N–H and O–H groups in total. The summed E-state index contributed by atoms with van der Waals surface area (Å²) in [5.74, 6) is 0.0399. The number of nitrogens with one attached hydrogen (secondary N) is 1. The third-order valence-electron chi connectivity index (χ3n) is 2.49. The minimum atomic E-state index is -0.202. The summed E-state index contributed by atoms with van der Waals surface area (Å²) < 4.78 is 13.2. The lowest BCUT2D eigenvalue weighted by Crippen LogP contribution is -2.11. The smallest absolute Gasteiger partial charge is 0.139 e. The number of benzene rings is 1. The van der Waals surface area contributed by atoms with Gasteiger partial charge in [-0.15, -0.1) is 0 Å². The lowest BCUT2D eigenvalue weighted by atomic mass is 10.2. The van der Waals surface area contributed by atoms with E-state index < -0.39 is 0 Å². The lowest BCUT2D eigenvalue weighted by Gasteiger charge is -2.07. The van der Waals surface area contributed by atoms with Gasteiger partial charge in [-0.05, 0) is 37.5 Å². The van der Waals surface area contributed by atoms with Crippen LogP contribution >= 0.6 is 0 Å². The highest BCUT2D eigenvalue weighted by molar-refractivity contribution is 5.79. The zero-order valence-corrected chi connectivity index (χ0v) is 9.91. The number of oxime groups is 1. The van der Waals surface area contributed by atoms with Gasteiger partial charge in [0.05, 0.1) is 0 Å². The van der Waals surface area contributed by atoms with Crippen molar-refractivity contribution in [2.45, 2.75) is 26.2 Å². The predicted molar refractivity (Wildman–Crippen MR) is 66.9 cm³/mol. The first-order chi connectivity index (χ1) is 8.13. The van der Waals surface area contributed by atoms with Gasteiger partial charge in [-0.25, -0.2) is 4.39 Å². The number of halogens is 1. The lowest BCUT2D eigenvalue weighted by molar-refractivity contribution is 0.316. The number of hydrogen-bond acceptors (Lipinski definition) is 3. The summed E-state index contributed by atoms with van der Waals surface area (Å²) in [4.78, 5) is 0. The molecule has 0 saturated carbocycles. The molecule has 0 heterocycles. The van der Waals surface area contributed by atoms with E-state index in [1.807, 2.05) is 6.07 Å². The standard InChI is InChI=1S/C12H18FN3O/c1-9-5-6-10(8-11(9)13)15-7-3-2-4-12(14)16-17/h5-6,8,15,17H,2-4,7H2,1H3,(H2,14,16). The van der Waals surface area contributed by atoms with Gasteiger partial charge in [0.2, 0.25) is 0 Å². The van der Waals surface area contributed by atoms with Crippen LogP contribution in [0.4, 0.5) is 10.1 Å². The Hall–Kier alpha value is -1.78. The molecule has 4 nitrogen and oxygen atoms in total. The maximum absolute atomic E-state index is 13.2. The van der Waals surface area contributed by atoms with Crippen LogP contribution < -0.4 is 11.1 Å². The Kier molecular flexibility index (Phi) is 5.26. The Bertz CT molecular complexity index is 393. The van der Waals surface area contributed by atoms with Crippen molar-refractivity contribution in [2.75, 3.05) is 11.9 Å².